The number of phenols is 1. The summed E-state index contributed by atoms with van der Waals surface area (Å²) < 4.78 is 12.5. The number of dihydropyridines is 1. The van der Waals surface area contributed by atoms with Gasteiger partial charge in [0.1, 0.15) is 5.75 Å². The van der Waals surface area contributed by atoms with Gasteiger partial charge in [-0.1, -0.05) is 18.2 Å². The van der Waals surface area contributed by atoms with Gasteiger partial charge >= 0.3 is 11.9 Å². The van der Waals surface area contributed by atoms with Crippen molar-refractivity contribution in [3.63, 3.8) is 0 Å². The molecule has 0 saturated carbocycles. The lowest BCUT2D eigenvalue weighted by atomic mass is 9.79. The van der Waals surface area contributed by atoms with Crippen molar-refractivity contribution < 1.29 is 24.2 Å². The zero-order chi connectivity index (χ0) is 25.8. The molecule has 2 N–H and O–H groups in total. The highest BCUT2D eigenvalue weighted by Gasteiger charge is 2.40. The van der Waals surface area contributed by atoms with Crippen LogP contribution in [0.2, 0.25) is 0 Å². The van der Waals surface area contributed by atoms with Crippen molar-refractivity contribution in [2.24, 2.45) is 0 Å². The molecular formula is C28H29N3O5. The Morgan fingerprint density at radius 2 is 1.47 bits per heavy atom. The van der Waals surface area contributed by atoms with Crippen molar-refractivity contribution in [3.05, 3.63) is 88.9 Å². The van der Waals surface area contributed by atoms with E-state index in [9.17, 15) is 14.7 Å². The molecule has 1 aliphatic rings. The Kier molecular flexibility index (Phi) is 7.24. The number of phenolic OH excluding ortho intramolecular Hbond substituents is 1. The Morgan fingerprint density at radius 1 is 0.917 bits per heavy atom. The zero-order valence-corrected chi connectivity index (χ0v) is 20.7. The van der Waals surface area contributed by atoms with Crippen LogP contribution in [-0.2, 0) is 19.1 Å². The zero-order valence-electron chi connectivity index (χ0n) is 20.7. The molecule has 0 fully saturated rings. The summed E-state index contributed by atoms with van der Waals surface area (Å²) in [7, 11) is 0. The van der Waals surface area contributed by atoms with Crippen LogP contribution in [0.3, 0.4) is 0 Å². The predicted molar refractivity (Wildman–Crippen MR) is 135 cm³/mol. The summed E-state index contributed by atoms with van der Waals surface area (Å²) in [6, 6.07) is 16.2. The van der Waals surface area contributed by atoms with Crippen LogP contribution in [0.15, 0.2) is 83.3 Å². The van der Waals surface area contributed by atoms with Gasteiger partial charge in [0.15, 0.2) is 0 Å². The molecule has 0 unspecified atom stereocenters. The molecule has 186 valence electrons. The second-order valence-electron chi connectivity index (χ2n) is 8.34. The summed E-state index contributed by atoms with van der Waals surface area (Å²) >= 11 is 0. The lowest BCUT2D eigenvalue weighted by Gasteiger charge is -2.30. The van der Waals surface area contributed by atoms with Crippen LogP contribution in [0.25, 0.3) is 16.9 Å². The lowest BCUT2D eigenvalue weighted by molar-refractivity contribution is -0.139. The molecule has 8 nitrogen and oxygen atoms in total. The maximum absolute atomic E-state index is 13.2. The number of rotatable bonds is 7. The van der Waals surface area contributed by atoms with Gasteiger partial charge in [0, 0.05) is 28.7 Å². The smallest absolute Gasteiger partial charge is 0.336 e. The number of hydrogen-bond acceptors (Lipinski definition) is 7. The van der Waals surface area contributed by atoms with Gasteiger partial charge in [0.05, 0.1) is 41.7 Å². The fourth-order valence-electron chi connectivity index (χ4n) is 4.42. The third-order valence-corrected chi connectivity index (χ3v) is 5.97. The van der Waals surface area contributed by atoms with E-state index in [0.29, 0.717) is 33.8 Å². The van der Waals surface area contributed by atoms with E-state index in [4.69, 9.17) is 14.6 Å². The number of hydrogen-bond donors (Lipinski definition) is 2. The summed E-state index contributed by atoms with van der Waals surface area (Å²) in [6.07, 6.45) is 1.83. The molecule has 0 spiro atoms. The Morgan fingerprint density at radius 3 is 2.00 bits per heavy atom. The number of esters is 2. The molecule has 0 saturated heterocycles. The largest absolute Gasteiger partial charge is 0.508 e. The van der Waals surface area contributed by atoms with E-state index in [1.807, 2.05) is 36.5 Å². The molecule has 2 aromatic carbocycles. The van der Waals surface area contributed by atoms with E-state index in [0.717, 1.165) is 11.3 Å². The fraction of sp³-hybridized carbons (Fsp3) is 0.250. The van der Waals surface area contributed by atoms with E-state index in [1.165, 1.54) is 0 Å². The standard InChI is InChI=1S/C28H29N3O5/c1-5-35-27(33)23-17(3)29-18(4)24(28(34)36-6-2)25(23)22-16-31(20-10-8-7-9-11-20)30-26(22)19-12-14-21(32)15-13-19/h7-16,25,29,32H,5-6H2,1-4H3. The highest BCUT2D eigenvalue weighted by atomic mass is 16.5. The number of ether oxygens (including phenoxy) is 2. The quantitative estimate of drug-likeness (QED) is 0.469. The van der Waals surface area contributed by atoms with E-state index in [2.05, 4.69) is 5.32 Å². The monoisotopic (exact) mass is 487 g/mol. The van der Waals surface area contributed by atoms with Gasteiger partial charge in [-0.25, -0.2) is 14.3 Å². The number of carbonyl (C=O) groups excluding carboxylic acids is 2. The average molecular weight is 488 g/mol. The molecule has 2 heterocycles. The molecule has 0 amide bonds. The fourth-order valence-corrected chi connectivity index (χ4v) is 4.42. The third kappa shape index (κ3) is 4.75. The molecule has 1 aromatic heterocycles. The van der Waals surface area contributed by atoms with Gasteiger partial charge in [-0.2, -0.15) is 5.10 Å². The summed E-state index contributed by atoms with van der Waals surface area (Å²) in [5, 5.41) is 17.9. The number of aromatic nitrogens is 2. The Bertz CT molecular complexity index is 1300. The Labute approximate surface area is 209 Å². The second kappa shape index (κ2) is 10.5. The first-order chi connectivity index (χ1) is 17.3. The first kappa shape index (κ1) is 24.8. The SMILES string of the molecule is CCOC(=O)C1=C(C)NC(C)=C(C(=O)OCC)C1c1cn(-c2ccccc2)nc1-c1ccc(O)cc1. The molecule has 8 heteroatoms. The normalized spacial score (nSPS) is 14.0. The van der Waals surface area contributed by atoms with Crippen molar-refractivity contribution >= 4 is 11.9 Å². The van der Waals surface area contributed by atoms with Crippen LogP contribution >= 0.6 is 0 Å². The summed E-state index contributed by atoms with van der Waals surface area (Å²) in [4.78, 5) is 26.5. The summed E-state index contributed by atoms with van der Waals surface area (Å²) in [5.41, 5.74) is 4.55. The van der Waals surface area contributed by atoms with Crippen LogP contribution in [0.1, 0.15) is 39.2 Å². The number of benzene rings is 2. The molecule has 0 radical (unpaired) electrons. The van der Waals surface area contributed by atoms with Crippen molar-refractivity contribution in [2.75, 3.05) is 13.2 Å². The number of allylic oxidation sites excluding steroid dienone is 2. The van der Waals surface area contributed by atoms with Crippen LogP contribution in [-0.4, -0.2) is 40.0 Å². The van der Waals surface area contributed by atoms with Crippen molar-refractivity contribution in [2.45, 2.75) is 33.6 Å². The summed E-state index contributed by atoms with van der Waals surface area (Å²) in [6.45, 7) is 7.42. The van der Waals surface area contributed by atoms with Crippen LogP contribution < -0.4 is 5.32 Å². The molecule has 3 aromatic rings. The maximum atomic E-state index is 13.2. The average Bonchev–Trinajstić information content (AvgIpc) is 3.30. The van der Waals surface area contributed by atoms with Gasteiger partial charge in [-0.3, -0.25) is 0 Å². The third-order valence-electron chi connectivity index (χ3n) is 5.97. The Hall–Kier alpha value is -4.33. The predicted octanol–water partition coefficient (Wildman–Crippen LogP) is 4.61. The van der Waals surface area contributed by atoms with Gasteiger partial charge in [-0.15, -0.1) is 0 Å². The van der Waals surface area contributed by atoms with Gasteiger partial charge < -0.3 is 19.9 Å². The molecule has 4 rings (SSSR count). The molecule has 0 bridgehead atoms. The highest BCUT2D eigenvalue weighted by Crippen LogP contribution is 2.43. The number of aromatic hydroxyl groups is 1. The minimum Gasteiger partial charge on any atom is -0.508 e. The minimum absolute atomic E-state index is 0.121. The van der Waals surface area contributed by atoms with E-state index in [-0.39, 0.29) is 19.0 Å². The van der Waals surface area contributed by atoms with E-state index < -0.39 is 17.9 Å². The molecule has 0 atom stereocenters. The van der Waals surface area contributed by atoms with Crippen LogP contribution in [0.4, 0.5) is 0 Å². The van der Waals surface area contributed by atoms with Crippen molar-refractivity contribution in [3.8, 4) is 22.7 Å². The second-order valence-corrected chi connectivity index (χ2v) is 8.34. The van der Waals surface area contributed by atoms with E-state index in [1.54, 1.807) is 56.6 Å². The number of carbonyl (C=O) groups is 2. The summed E-state index contributed by atoms with van der Waals surface area (Å²) in [5.74, 6) is -1.71. The number of nitrogens with zero attached hydrogens (tertiary/aromatic N) is 2. The van der Waals surface area contributed by atoms with Crippen molar-refractivity contribution in [1.82, 2.24) is 15.1 Å². The van der Waals surface area contributed by atoms with Gasteiger partial charge in [0.25, 0.3) is 0 Å². The first-order valence-corrected chi connectivity index (χ1v) is 11.8. The molecular weight excluding hydrogens is 458 g/mol. The Balaban J connectivity index is 2.00. The van der Waals surface area contributed by atoms with Crippen LogP contribution in [0.5, 0.6) is 5.75 Å². The van der Waals surface area contributed by atoms with Crippen molar-refractivity contribution in [1.29, 1.82) is 0 Å². The maximum Gasteiger partial charge on any atom is 0.336 e. The highest BCUT2D eigenvalue weighted by molar-refractivity contribution is 6.00. The molecule has 36 heavy (non-hydrogen) atoms. The topological polar surface area (TPSA) is 103 Å². The molecule has 1 aliphatic heterocycles. The minimum atomic E-state index is -0.786. The number of nitrogens with one attached hydrogen (secondary N) is 1. The first-order valence-electron chi connectivity index (χ1n) is 11.8. The number of para-hydroxylation sites is 1. The van der Waals surface area contributed by atoms with Crippen LogP contribution in [0, 0.1) is 0 Å². The van der Waals surface area contributed by atoms with Gasteiger partial charge in [0.2, 0.25) is 0 Å². The van der Waals surface area contributed by atoms with Gasteiger partial charge in [-0.05, 0) is 64.1 Å². The molecule has 0 aliphatic carbocycles. The van der Waals surface area contributed by atoms with E-state index >= 15 is 0 Å². The lowest BCUT2D eigenvalue weighted by Crippen LogP contribution is -2.32.